The van der Waals surface area contributed by atoms with Crippen molar-refractivity contribution in [1.29, 1.82) is 0 Å². The van der Waals surface area contributed by atoms with Crippen LogP contribution in [0.1, 0.15) is 21.0 Å². The molecule has 0 spiro atoms. The Labute approximate surface area is 116 Å². The van der Waals surface area contributed by atoms with E-state index in [2.05, 4.69) is 17.2 Å². The van der Waals surface area contributed by atoms with Gasteiger partial charge in [0.2, 0.25) is 10.0 Å². The summed E-state index contributed by atoms with van der Waals surface area (Å²) in [5.41, 5.74) is 5.25. The highest BCUT2D eigenvalue weighted by atomic mass is 32.2. The molecule has 8 heteroatoms. The van der Waals surface area contributed by atoms with Gasteiger partial charge in [0.25, 0.3) is 5.91 Å². The van der Waals surface area contributed by atoms with Crippen molar-refractivity contribution in [3.05, 3.63) is 21.9 Å². The SMILES string of the molecule is NCC#Cc1ccc(C(=O)NCCCS(N)(=O)=O)s1. The Hall–Kier alpha value is -1.40. The number of amides is 1. The van der Waals surface area contributed by atoms with Gasteiger partial charge in [0, 0.05) is 6.54 Å². The minimum absolute atomic E-state index is 0.148. The third-order valence-corrected chi connectivity index (χ3v) is 3.89. The number of thiophene rings is 1. The van der Waals surface area contributed by atoms with Crippen LogP contribution in [-0.4, -0.2) is 33.2 Å². The van der Waals surface area contributed by atoms with Crippen LogP contribution in [0.5, 0.6) is 0 Å². The minimum Gasteiger partial charge on any atom is -0.351 e. The average molecular weight is 301 g/mol. The fraction of sp³-hybridized carbons (Fsp3) is 0.364. The monoisotopic (exact) mass is 301 g/mol. The van der Waals surface area contributed by atoms with Crippen LogP contribution < -0.4 is 16.2 Å². The number of sulfonamides is 1. The van der Waals surface area contributed by atoms with E-state index in [0.29, 0.717) is 4.88 Å². The first-order valence-corrected chi connectivity index (χ1v) is 8.03. The van der Waals surface area contributed by atoms with Crippen LogP contribution in [-0.2, 0) is 10.0 Å². The summed E-state index contributed by atoms with van der Waals surface area (Å²) < 4.78 is 21.4. The molecule has 1 aromatic heterocycles. The third kappa shape index (κ3) is 6.35. The Morgan fingerprint density at radius 1 is 1.42 bits per heavy atom. The molecule has 5 N–H and O–H groups in total. The molecule has 0 radical (unpaired) electrons. The van der Waals surface area contributed by atoms with Crippen LogP contribution in [0.25, 0.3) is 0 Å². The van der Waals surface area contributed by atoms with Gasteiger partial charge in [0.15, 0.2) is 0 Å². The topological polar surface area (TPSA) is 115 Å². The fourth-order valence-corrected chi connectivity index (χ4v) is 2.57. The van der Waals surface area contributed by atoms with Crippen LogP contribution >= 0.6 is 11.3 Å². The predicted octanol–water partition coefficient (Wildman–Crippen LogP) is -0.533. The highest BCUT2D eigenvalue weighted by Crippen LogP contribution is 2.14. The molecule has 1 amide bonds. The summed E-state index contributed by atoms with van der Waals surface area (Å²) in [5.74, 6) is 5.14. The molecule has 0 unspecified atom stereocenters. The summed E-state index contributed by atoms with van der Waals surface area (Å²) in [6.45, 7) is 0.532. The first-order valence-electron chi connectivity index (χ1n) is 5.50. The Morgan fingerprint density at radius 3 is 2.79 bits per heavy atom. The van der Waals surface area contributed by atoms with E-state index >= 15 is 0 Å². The zero-order valence-corrected chi connectivity index (χ0v) is 11.8. The lowest BCUT2D eigenvalue weighted by Crippen LogP contribution is -2.26. The first-order chi connectivity index (χ1) is 8.92. The molecule has 0 atom stereocenters. The molecule has 1 rings (SSSR count). The Bertz CT molecular complexity index is 596. The standard InChI is InChI=1S/C11H15N3O3S2/c12-6-1-3-9-4-5-10(18-9)11(15)14-7-2-8-19(13,16)17/h4-5H,2,6-8,12H2,(H,14,15)(H2,13,16,17). The van der Waals surface area contributed by atoms with E-state index in [9.17, 15) is 13.2 Å². The zero-order chi connectivity index (χ0) is 14.3. The van der Waals surface area contributed by atoms with Crippen LogP contribution in [0.15, 0.2) is 12.1 Å². The van der Waals surface area contributed by atoms with Gasteiger partial charge in [-0.15, -0.1) is 11.3 Å². The molecule has 0 aliphatic rings. The smallest absolute Gasteiger partial charge is 0.261 e. The Kier molecular flexibility index (Phi) is 5.98. The van der Waals surface area contributed by atoms with Crippen molar-refractivity contribution >= 4 is 27.3 Å². The highest BCUT2D eigenvalue weighted by molar-refractivity contribution is 7.89. The van der Waals surface area contributed by atoms with Gasteiger partial charge in [-0.05, 0) is 18.6 Å². The molecule has 0 aliphatic carbocycles. The molecule has 1 aromatic rings. The molecule has 0 bridgehead atoms. The molecule has 0 fully saturated rings. The van der Waals surface area contributed by atoms with Crippen LogP contribution in [0, 0.1) is 11.8 Å². The fourth-order valence-electron chi connectivity index (χ4n) is 1.23. The summed E-state index contributed by atoms with van der Waals surface area (Å²) in [4.78, 5) is 13.0. The lowest BCUT2D eigenvalue weighted by atomic mass is 10.4. The van der Waals surface area contributed by atoms with Crippen LogP contribution in [0.2, 0.25) is 0 Å². The second-order valence-corrected chi connectivity index (χ2v) is 6.46. The van der Waals surface area contributed by atoms with Gasteiger partial charge in [-0.3, -0.25) is 4.79 Å². The second kappa shape index (κ2) is 7.25. The molecule has 1 heterocycles. The maximum Gasteiger partial charge on any atom is 0.261 e. The summed E-state index contributed by atoms with van der Waals surface area (Å²) in [6, 6.07) is 3.41. The number of nitrogens with two attached hydrogens (primary N) is 2. The minimum atomic E-state index is -3.47. The highest BCUT2D eigenvalue weighted by Gasteiger charge is 2.08. The van der Waals surface area contributed by atoms with Gasteiger partial charge in [-0.25, -0.2) is 13.6 Å². The zero-order valence-electron chi connectivity index (χ0n) is 10.2. The van der Waals surface area contributed by atoms with Crippen molar-refractivity contribution in [3.63, 3.8) is 0 Å². The number of rotatable bonds is 5. The van der Waals surface area contributed by atoms with Crippen molar-refractivity contribution in [2.24, 2.45) is 10.9 Å². The number of nitrogens with one attached hydrogen (secondary N) is 1. The Morgan fingerprint density at radius 2 is 2.16 bits per heavy atom. The summed E-state index contributed by atoms with van der Waals surface area (Å²) in [5, 5.41) is 7.47. The van der Waals surface area contributed by atoms with Gasteiger partial charge >= 0.3 is 0 Å². The average Bonchev–Trinajstić information content (AvgIpc) is 2.79. The van der Waals surface area contributed by atoms with Gasteiger partial charge in [-0.2, -0.15) is 0 Å². The molecule has 6 nitrogen and oxygen atoms in total. The van der Waals surface area contributed by atoms with Crippen molar-refractivity contribution in [2.45, 2.75) is 6.42 Å². The van der Waals surface area contributed by atoms with Gasteiger partial charge < -0.3 is 11.1 Å². The van der Waals surface area contributed by atoms with Crippen molar-refractivity contribution in [1.82, 2.24) is 5.32 Å². The normalized spacial score (nSPS) is 10.6. The van der Waals surface area contributed by atoms with Crippen molar-refractivity contribution in [2.75, 3.05) is 18.8 Å². The molecular weight excluding hydrogens is 286 g/mol. The molecule has 19 heavy (non-hydrogen) atoms. The second-order valence-electron chi connectivity index (χ2n) is 3.65. The maximum absolute atomic E-state index is 11.7. The van der Waals surface area contributed by atoms with E-state index in [-0.39, 0.29) is 31.2 Å². The summed E-state index contributed by atoms with van der Waals surface area (Å²) >= 11 is 1.26. The lowest BCUT2D eigenvalue weighted by Gasteiger charge is -2.02. The molecular formula is C11H15N3O3S2. The Balaban J connectivity index is 2.43. The number of carbonyl (C=O) groups excluding carboxylic acids is 1. The summed E-state index contributed by atoms with van der Waals surface area (Å²) in [7, 11) is -3.47. The number of carbonyl (C=O) groups is 1. The number of hydrogen-bond acceptors (Lipinski definition) is 5. The molecule has 0 aliphatic heterocycles. The van der Waals surface area contributed by atoms with Gasteiger partial charge in [-0.1, -0.05) is 11.8 Å². The molecule has 0 saturated heterocycles. The third-order valence-electron chi connectivity index (χ3n) is 2.03. The quantitative estimate of drug-likeness (QED) is 0.500. The maximum atomic E-state index is 11.7. The van der Waals surface area contributed by atoms with E-state index in [1.165, 1.54) is 11.3 Å². The van der Waals surface area contributed by atoms with Gasteiger partial charge in [0.05, 0.1) is 22.1 Å². The molecule has 104 valence electrons. The molecule has 0 saturated carbocycles. The number of primary sulfonamides is 1. The van der Waals surface area contributed by atoms with E-state index in [4.69, 9.17) is 10.9 Å². The van der Waals surface area contributed by atoms with E-state index < -0.39 is 10.0 Å². The first kappa shape index (κ1) is 15.7. The van der Waals surface area contributed by atoms with Crippen molar-refractivity contribution in [3.8, 4) is 11.8 Å². The largest absolute Gasteiger partial charge is 0.351 e. The van der Waals surface area contributed by atoms with Crippen molar-refractivity contribution < 1.29 is 13.2 Å². The predicted molar refractivity (Wildman–Crippen MR) is 75.2 cm³/mol. The summed E-state index contributed by atoms with van der Waals surface area (Å²) in [6.07, 6.45) is 0.287. The number of hydrogen-bond donors (Lipinski definition) is 3. The van der Waals surface area contributed by atoms with Gasteiger partial charge in [0.1, 0.15) is 0 Å². The molecule has 0 aromatic carbocycles. The lowest BCUT2D eigenvalue weighted by molar-refractivity contribution is 0.0957. The van der Waals surface area contributed by atoms with Crippen LogP contribution in [0.4, 0.5) is 0 Å². The van der Waals surface area contributed by atoms with E-state index in [0.717, 1.165) is 4.88 Å². The van der Waals surface area contributed by atoms with E-state index in [1.807, 2.05) is 0 Å². The van der Waals surface area contributed by atoms with Crippen LogP contribution in [0.3, 0.4) is 0 Å². The van der Waals surface area contributed by atoms with E-state index in [1.54, 1.807) is 12.1 Å².